The largest absolute Gasteiger partial charge is 0.441 e. The van der Waals surface area contributed by atoms with E-state index in [9.17, 15) is 8.22 Å². The van der Waals surface area contributed by atoms with Crippen LogP contribution in [0.4, 0.5) is 8.22 Å². The second-order valence-corrected chi connectivity index (χ2v) is 6.45. The molecule has 0 bridgehead atoms. The molecule has 2 nitrogen and oxygen atoms in total. The average molecular weight is 202 g/mol. The second-order valence-electron chi connectivity index (χ2n) is 3.57. The van der Waals surface area contributed by atoms with Crippen molar-refractivity contribution in [2.45, 2.75) is 31.9 Å². The Bertz CT molecular complexity index is 261. The first-order valence-electron chi connectivity index (χ1n) is 3.95. The maximum atomic E-state index is 13.1. The molecule has 2 atom stereocenters. The lowest BCUT2D eigenvalue weighted by molar-refractivity contribution is 0.465. The van der Waals surface area contributed by atoms with Crippen LogP contribution in [0.25, 0.3) is 0 Å². The van der Waals surface area contributed by atoms with E-state index in [2.05, 4.69) is 0 Å². The second kappa shape index (κ2) is 3.84. The quantitative estimate of drug-likeness (QED) is 0.522. The molecule has 0 aliphatic carbocycles. The SMILES string of the molecule is CC(C#N)CC(C)(C#N)[Si](C)(F)F. The summed E-state index contributed by atoms with van der Waals surface area (Å²) in [6.07, 6.45) is -0.0459. The molecule has 0 aliphatic heterocycles. The van der Waals surface area contributed by atoms with Gasteiger partial charge in [-0.05, 0) is 26.8 Å². The maximum Gasteiger partial charge on any atom is 0.441 e. The Hall–Kier alpha value is -0.943. The van der Waals surface area contributed by atoms with Gasteiger partial charge in [0.25, 0.3) is 0 Å². The molecular weight excluding hydrogens is 190 g/mol. The number of hydrogen-bond acceptors (Lipinski definition) is 2. The van der Waals surface area contributed by atoms with Crippen molar-refractivity contribution in [1.82, 2.24) is 0 Å². The summed E-state index contributed by atoms with van der Waals surface area (Å²) in [4.78, 5) is 0. The fraction of sp³-hybridized carbons (Fsp3) is 0.750. The summed E-state index contributed by atoms with van der Waals surface area (Å²) >= 11 is 0. The van der Waals surface area contributed by atoms with E-state index in [-0.39, 0.29) is 6.42 Å². The van der Waals surface area contributed by atoms with Gasteiger partial charge in [-0.25, -0.2) is 0 Å². The zero-order chi connectivity index (χ0) is 10.7. The highest BCUT2D eigenvalue weighted by molar-refractivity contribution is 6.68. The summed E-state index contributed by atoms with van der Waals surface area (Å²) in [6.45, 7) is 3.64. The standard InChI is InChI=1S/C8H12F2N2Si/c1-7(5-11)4-8(2,6-12)13(3,9)10/h7H,4H2,1-3H3. The first-order valence-corrected chi connectivity index (χ1v) is 6.21. The summed E-state index contributed by atoms with van der Waals surface area (Å²) in [5.74, 6) is -0.497. The molecule has 13 heavy (non-hydrogen) atoms. The van der Waals surface area contributed by atoms with Crippen molar-refractivity contribution in [3.05, 3.63) is 0 Å². The minimum Gasteiger partial charge on any atom is -0.269 e. The highest BCUT2D eigenvalue weighted by atomic mass is 28.4. The zero-order valence-corrected chi connectivity index (χ0v) is 8.93. The minimum atomic E-state index is -4.50. The van der Waals surface area contributed by atoms with Gasteiger partial charge in [-0.1, -0.05) is 0 Å². The van der Waals surface area contributed by atoms with Crippen LogP contribution in [-0.4, -0.2) is 8.74 Å². The fourth-order valence-corrected chi connectivity index (χ4v) is 1.84. The third-order valence-corrected chi connectivity index (χ3v) is 4.40. The van der Waals surface area contributed by atoms with Crippen molar-refractivity contribution >= 4 is 8.74 Å². The minimum absolute atomic E-state index is 0.0459. The Balaban J connectivity index is 4.72. The smallest absolute Gasteiger partial charge is 0.269 e. The molecule has 0 heterocycles. The molecule has 0 N–H and O–H groups in total. The van der Waals surface area contributed by atoms with Crippen LogP contribution < -0.4 is 0 Å². The van der Waals surface area contributed by atoms with Gasteiger partial charge in [-0.3, -0.25) is 8.22 Å². The van der Waals surface area contributed by atoms with Crippen molar-refractivity contribution < 1.29 is 8.22 Å². The van der Waals surface area contributed by atoms with Crippen LogP contribution in [0.5, 0.6) is 0 Å². The van der Waals surface area contributed by atoms with Crippen LogP contribution in [0.3, 0.4) is 0 Å². The summed E-state index contributed by atoms with van der Waals surface area (Å²) in [5, 5.41) is 15.5. The number of hydrogen-bond donors (Lipinski definition) is 0. The van der Waals surface area contributed by atoms with Crippen LogP contribution in [0.1, 0.15) is 20.3 Å². The Labute approximate surface area is 78.1 Å². The monoisotopic (exact) mass is 202 g/mol. The van der Waals surface area contributed by atoms with Crippen LogP contribution in [0.15, 0.2) is 0 Å². The lowest BCUT2D eigenvalue weighted by atomic mass is 9.99. The van der Waals surface area contributed by atoms with Gasteiger partial charge in [-0.2, -0.15) is 10.5 Å². The van der Waals surface area contributed by atoms with Crippen molar-refractivity contribution in [2.24, 2.45) is 5.92 Å². The lowest BCUT2D eigenvalue weighted by Crippen LogP contribution is -2.35. The van der Waals surface area contributed by atoms with Gasteiger partial charge < -0.3 is 0 Å². The number of rotatable bonds is 3. The topological polar surface area (TPSA) is 47.6 Å². The summed E-state index contributed by atoms with van der Waals surface area (Å²) in [6, 6.07) is 3.51. The third kappa shape index (κ3) is 2.78. The van der Waals surface area contributed by atoms with Crippen LogP contribution >= 0.6 is 0 Å². The molecule has 0 amide bonds. The Morgan fingerprint density at radius 1 is 1.46 bits per heavy atom. The molecule has 0 rings (SSSR count). The van der Waals surface area contributed by atoms with Gasteiger partial charge >= 0.3 is 8.74 Å². The van der Waals surface area contributed by atoms with E-state index >= 15 is 0 Å². The molecule has 2 unspecified atom stereocenters. The number of nitriles is 2. The van der Waals surface area contributed by atoms with Crippen molar-refractivity contribution in [1.29, 1.82) is 10.5 Å². The molecular formula is C8H12F2N2Si. The van der Waals surface area contributed by atoms with Gasteiger partial charge in [0.05, 0.1) is 12.1 Å². The van der Waals surface area contributed by atoms with E-state index < -0.39 is 19.7 Å². The van der Waals surface area contributed by atoms with Crippen molar-refractivity contribution in [3.8, 4) is 12.1 Å². The molecule has 0 aliphatic rings. The van der Waals surface area contributed by atoms with Gasteiger partial charge in [-0.15, -0.1) is 0 Å². The molecule has 72 valence electrons. The molecule has 0 aromatic carbocycles. The summed E-state index contributed by atoms with van der Waals surface area (Å²) < 4.78 is 26.1. The Morgan fingerprint density at radius 2 is 1.92 bits per heavy atom. The maximum absolute atomic E-state index is 13.1. The normalized spacial score (nSPS) is 18.1. The lowest BCUT2D eigenvalue weighted by Gasteiger charge is -2.26. The molecule has 0 radical (unpaired) electrons. The number of halogens is 2. The number of nitrogens with zero attached hydrogens (tertiary/aromatic N) is 2. The first kappa shape index (κ1) is 12.1. The van der Waals surface area contributed by atoms with Crippen molar-refractivity contribution in [2.75, 3.05) is 0 Å². The zero-order valence-electron chi connectivity index (χ0n) is 7.93. The van der Waals surface area contributed by atoms with Gasteiger partial charge in [0.15, 0.2) is 0 Å². The van der Waals surface area contributed by atoms with Crippen molar-refractivity contribution in [3.63, 3.8) is 0 Å². The van der Waals surface area contributed by atoms with Crippen LogP contribution in [0.2, 0.25) is 11.6 Å². The molecule has 0 saturated carbocycles. The van der Waals surface area contributed by atoms with Crippen LogP contribution in [-0.2, 0) is 0 Å². The highest BCUT2D eigenvalue weighted by Gasteiger charge is 2.51. The molecule has 0 saturated heterocycles. The average Bonchev–Trinajstić information content (AvgIpc) is 2.02. The van der Waals surface area contributed by atoms with Crippen LogP contribution in [0, 0.1) is 28.6 Å². The van der Waals surface area contributed by atoms with E-state index in [1.54, 1.807) is 13.0 Å². The third-order valence-electron chi connectivity index (χ3n) is 2.15. The highest BCUT2D eigenvalue weighted by Crippen LogP contribution is 2.44. The van der Waals surface area contributed by atoms with Gasteiger partial charge in [0, 0.05) is 5.92 Å². The van der Waals surface area contributed by atoms with E-state index in [1.165, 1.54) is 6.92 Å². The van der Waals surface area contributed by atoms with E-state index in [4.69, 9.17) is 10.5 Å². The molecule has 0 fully saturated rings. The van der Waals surface area contributed by atoms with E-state index in [0.29, 0.717) is 0 Å². The van der Waals surface area contributed by atoms with E-state index in [1.807, 2.05) is 6.07 Å². The molecule has 0 spiro atoms. The van der Waals surface area contributed by atoms with Gasteiger partial charge in [0.2, 0.25) is 0 Å². The Morgan fingerprint density at radius 3 is 2.15 bits per heavy atom. The Kier molecular flexibility index (Phi) is 3.56. The predicted octanol–water partition coefficient (Wildman–Crippen LogP) is 2.83. The summed E-state index contributed by atoms with van der Waals surface area (Å²) in [7, 11) is -4.50. The summed E-state index contributed by atoms with van der Waals surface area (Å²) in [5.41, 5.74) is 0. The van der Waals surface area contributed by atoms with Gasteiger partial charge in [0.1, 0.15) is 5.04 Å². The predicted molar refractivity (Wildman–Crippen MR) is 47.2 cm³/mol. The molecule has 5 heteroatoms. The van der Waals surface area contributed by atoms with E-state index in [0.717, 1.165) is 6.55 Å². The molecule has 0 aromatic rings. The first-order chi connectivity index (χ1) is 5.77. The fourth-order valence-electron chi connectivity index (χ4n) is 0.981. The molecule has 0 aromatic heterocycles.